The average Bonchev–Trinajstić information content (AvgIpc) is 2.00. The van der Waals surface area contributed by atoms with Gasteiger partial charge in [0.25, 0.3) is 6.16 Å². The molecule has 0 aromatic carbocycles. The van der Waals surface area contributed by atoms with Gasteiger partial charge in [0.2, 0.25) is 0 Å². The monoisotopic (exact) mass is 257 g/mol. The Kier molecular flexibility index (Phi) is 3.68. The predicted octanol–water partition coefficient (Wildman–Crippen LogP) is 1.57. The molecule has 0 aliphatic rings. The third-order valence-electron chi connectivity index (χ3n) is 1.56. The molecule has 3 nitrogen and oxygen atoms in total. The van der Waals surface area contributed by atoms with Gasteiger partial charge in [0, 0.05) is 0 Å². The van der Waals surface area contributed by atoms with Crippen LogP contribution in [0.2, 0.25) is 0 Å². The number of ether oxygens (including phenoxy) is 1. The van der Waals surface area contributed by atoms with Crippen molar-refractivity contribution in [2.45, 2.75) is 31.0 Å². The van der Waals surface area contributed by atoms with Crippen molar-refractivity contribution in [3.63, 3.8) is 0 Å². The molecule has 0 bridgehead atoms. The minimum atomic E-state index is -6.53. The molecule has 0 aliphatic heterocycles. The fourth-order valence-electron chi connectivity index (χ4n) is 0.663. The van der Waals surface area contributed by atoms with E-state index in [2.05, 4.69) is 4.74 Å². The number of hydrogen-bond acceptors (Lipinski definition) is 3. The normalized spacial score (nSPS) is 15.8. The number of carbonyl (C=O) groups excluding carboxylic acids is 1. The molecular formula is C6H4F7O3-. The molecule has 0 saturated heterocycles. The highest BCUT2D eigenvalue weighted by molar-refractivity contribution is 5.54. The van der Waals surface area contributed by atoms with Crippen molar-refractivity contribution < 1.29 is 45.4 Å². The molecule has 96 valence electrons. The summed E-state index contributed by atoms with van der Waals surface area (Å²) in [6.45, 7) is 0.0510. The van der Waals surface area contributed by atoms with Crippen LogP contribution in [0.5, 0.6) is 0 Å². The van der Waals surface area contributed by atoms with Crippen LogP contribution < -0.4 is 5.11 Å². The molecule has 0 spiro atoms. The van der Waals surface area contributed by atoms with Crippen LogP contribution in [0.1, 0.15) is 6.92 Å². The number of carbonyl (C=O) groups is 1. The van der Waals surface area contributed by atoms with E-state index in [1.807, 2.05) is 0 Å². The minimum Gasteiger partial charge on any atom is -0.540 e. The zero-order valence-electron chi connectivity index (χ0n) is 7.45. The molecule has 10 heteroatoms. The first-order valence-corrected chi connectivity index (χ1v) is 3.54. The Bertz CT molecular complexity index is 272. The van der Waals surface area contributed by atoms with Gasteiger partial charge in [-0.2, -0.15) is 30.7 Å². The third-order valence-corrected chi connectivity index (χ3v) is 1.56. The van der Waals surface area contributed by atoms with Gasteiger partial charge in [-0.25, -0.2) is 0 Å². The fraction of sp³-hybridized carbons (Fsp3) is 0.833. The second-order valence-corrected chi connectivity index (χ2v) is 2.71. The SMILES string of the molecule is CC(OC(=O)[O-])C(F)(F)C(F)(F)C(F)(F)F. The fourth-order valence-corrected chi connectivity index (χ4v) is 0.663. The van der Waals surface area contributed by atoms with Crippen LogP contribution >= 0.6 is 0 Å². The zero-order chi connectivity index (χ0) is 13.4. The number of alkyl halides is 7. The highest BCUT2D eigenvalue weighted by Crippen LogP contribution is 2.48. The van der Waals surface area contributed by atoms with Gasteiger partial charge in [-0.3, -0.25) is 0 Å². The summed E-state index contributed by atoms with van der Waals surface area (Å²) in [6.07, 6.45) is -12.4. The van der Waals surface area contributed by atoms with Crippen molar-refractivity contribution in [1.82, 2.24) is 0 Å². The molecule has 0 saturated carbocycles. The summed E-state index contributed by atoms with van der Waals surface area (Å²) in [4.78, 5) is 9.64. The van der Waals surface area contributed by atoms with Gasteiger partial charge in [0.05, 0.1) is 0 Å². The Hall–Kier alpha value is -1.22. The first-order valence-electron chi connectivity index (χ1n) is 3.54. The first kappa shape index (κ1) is 14.8. The molecule has 0 aromatic heterocycles. The molecule has 1 unspecified atom stereocenters. The van der Waals surface area contributed by atoms with Crippen molar-refractivity contribution in [2.24, 2.45) is 0 Å². The summed E-state index contributed by atoms with van der Waals surface area (Å²) in [7, 11) is 0. The van der Waals surface area contributed by atoms with Crippen LogP contribution in [0.15, 0.2) is 0 Å². The first-order chi connectivity index (χ1) is 6.84. The van der Waals surface area contributed by atoms with Crippen molar-refractivity contribution in [3.05, 3.63) is 0 Å². The molecule has 0 aromatic rings. The van der Waals surface area contributed by atoms with Crippen molar-refractivity contribution in [3.8, 4) is 0 Å². The summed E-state index contributed by atoms with van der Waals surface area (Å²) in [6, 6.07) is 0. The quantitative estimate of drug-likeness (QED) is 0.569. The van der Waals surface area contributed by atoms with E-state index >= 15 is 0 Å². The summed E-state index contributed by atoms with van der Waals surface area (Å²) < 4.78 is 87.4. The Morgan fingerprint density at radius 3 is 1.75 bits per heavy atom. The maximum Gasteiger partial charge on any atom is 0.459 e. The van der Waals surface area contributed by atoms with E-state index in [1.54, 1.807) is 0 Å². The van der Waals surface area contributed by atoms with Gasteiger partial charge >= 0.3 is 18.0 Å². The van der Waals surface area contributed by atoms with Crippen LogP contribution in [-0.2, 0) is 4.74 Å². The van der Waals surface area contributed by atoms with E-state index in [-0.39, 0.29) is 6.92 Å². The second-order valence-electron chi connectivity index (χ2n) is 2.71. The van der Waals surface area contributed by atoms with Crippen LogP contribution in [0.3, 0.4) is 0 Å². The van der Waals surface area contributed by atoms with Crippen LogP contribution in [-0.4, -0.2) is 30.3 Å². The van der Waals surface area contributed by atoms with E-state index in [0.29, 0.717) is 0 Å². The van der Waals surface area contributed by atoms with Crippen molar-refractivity contribution in [2.75, 3.05) is 0 Å². The lowest BCUT2D eigenvalue weighted by atomic mass is 10.1. The van der Waals surface area contributed by atoms with Crippen molar-refractivity contribution in [1.29, 1.82) is 0 Å². The molecule has 0 amide bonds. The van der Waals surface area contributed by atoms with E-state index in [1.165, 1.54) is 0 Å². The molecule has 0 aliphatic carbocycles. The summed E-state index contributed by atoms with van der Waals surface area (Å²) in [5.41, 5.74) is 0. The standard InChI is InChI=1S/C6H5F7O3/c1-2(16-3(14)15)4(7,8)5(9,10)6(11,12)13/h2H,1H3,(H,14,15)/p-1. The minimum absolute atomic E-state index is 0.0510. The van der Waals surface area contributed by atoms with Crippen LogP contribution in [0, 0.1) is 0 Å². The van der Waals surface area contributed by atoms with Gasteiger partial charge in [0.1, 0.15) is 6.10 Å². The Labute approximate surface area is 83.8 Å². The smallest absolute Gasteiger partial charge is 0.459 e. The summed E-state index contributed by atoms with van der Waals surface area (Å²) >= 11 is 0. The molecular weight excluding hydrogens is 253 g/mol. The molecule has 1 atom stereocenters. The molecule has 16 heavy (non-hydrogen) atoms. The van der Waals surface area contributed by atoms with Gasteiger partial charge in [-0.05, 0) is 6.92 Å². The van der Waals surface area contributed by atoms with Gasteiger partial charge < -0.3 is 14.6 Å². The van der Waals surface area contributed by atoms with E-state index < -0.39 is 30.3 Å². The predicted molar refractivity (Wildman–Crippen MR) is 31.9 cm³/mol. The summed E-state index contributed by atoms with van der Waals surface area (Å²) in [5, 5.41) is 9.64. The van der Waals surface area contributed by atoms with E-state index in [9.17, 15) is 40.6 Å². The lowest BCUT2D eigenvalue weighted by Crippen LogP contribution is -2.58. The highest BCUT2D eigenvalue weighted by atomic mass is 19.4. The molecule has 0 radical (unpaired) electrons. The zero-order valence-corrected chi connectivity index (χ0v) is 7.45. The average molecular weight is 257 g/mol. The van der Waals surface area contributed by atoms with E-state index in [0.717, 1.165) is 0 Å². The van der Waals surface area contributed by atoms with Crippen LogP contribution in [0.4, 0.5) is 35.5 Å². The van der Waals surface area contributed by atoms with Gasteiger partial charge in [0.15, 0.2) is 0 Å². The largest absolute Gasteiger partial charge is 0.540 e. The number of carboxylic acid groups (broad SMARTS) is 1. The second kappa shape index (κ2) is 3.98. The Balaban J connectivity index is 5.11. The van der Waals surface area contributed by atoms with Crippen molar-refractivity contribution >= 4 is 6.16 Å². The number of rotatable bonds is 3. The molecule has 0 heterocycles. The Morgan fingerprint density at radius 1 is 1.12 bits per heavy atom. The molecule has 0 N–H and O–H groups in total. The molecule has 0 fully saturated rings. The topological polar surface area (TPSA) is 49.4 Å². The molecule has 0 rings (SSSR count). The van der Waals surface area contributed by atoms with Gasteiger partial charge in [-0.15, -0.1) is 0 Å². The van der Waals surface area contributed by atoms with Crippen LogP contribution in [0.25, 0.3) is 0 Å². The highest BCUT2D eigenvalue weighted by Gasteiger charge is 2.74. The Morgan fingerprint density at radius 2 is 1.50 bits per heavy atom. The maximum atomic E-state index is 12.6. The third kappa shape index (κ3) is 2.47. The maximum absolute atomic E-state index is 12.6. The lowest BCUT2D eigenvalue weighted by molar-refractivity contribution is -0.376. The number of hydrogen-bond donors (Lipinski definition) is 0. The summed E-state index contributed by atoms with van der Waals surface area (Å²) in [5.74, 6) is -12.1. The van der Waals surface area contributed by atoms with Gasteiger partial charge in [-0.1, -0.05) is 0 Å². The number of halogens is 7. The lowest BCUT2D eigenvalue weighted by Gasteiger charge is -2.33. The van der Waals surface area contributed by atoms with E-state index in [4.69, 9.17) is 0 Å².